The lowest BCUT2D eigenvalue weighted by atomic mass is 9.97. The maximum atomic E-state index is 9.19. The molecule has 0 aromatic carbocycles. The second kappa shape index (κ2) is 6.51. The maximum absolute atomic E-state index is 9.19. The Labute approximate surface area is 111 Å². The van der Waals surface area contributed by atoms with E-state index >= 15 is 0 Å². The molecule has 0 aliphatic carbocycles. The molecule has 1 saturated heterocycles. The maximum Gasteiger partial charge on any atom is 0.103 e. The first kappa shape index (κ1) is 15.4. The Balaban J connectivity index is 2.31. The van der Waals surface area contributed by atoms with Crippen LogP contribution in [0.4, 0.5) is 0 Å². The predicted molar refractivity (Wildman–Crippen MR) is 73.4 cm³/mol. The molecule has 1 aliphatic rings. The molecule has 1 rings (SSSR count). The monoisotopic (exact) mass is 253 g/mol. The van der Waals surface area contributed by atoms with Crippen LogP contribution in [-0.2, 0) is 4.74 Å². The molecule has 1 aliphatic heterocycles. The van der Waals surface area contributed by atoms with Gasteiger partial charge < -0.3 is 4.74 Å². The molecule has 0 bridgehead atoms. The van der Waals surface area contributed by atoms with Gasteiger partial charge in [0.25, 0.3) is 0 Å². The predicted octanol–water partition coefficient (Wildman–Crippen LogP) is 1.77. The van der Waals surface area contributed by atoms with Crippen LogP contribution in [0.25, 0.3) is 0 Å². The Bertz CT molecular complexity index is 298. The van der Waals surface area contributed by atoms with Crippen molar-refractivity contribution >= 4 is 0 Å². The highest BCUT2D eigenvalue weighted by atomic mass is 16.5. The van der Waals surface area contributed by atoms with Gasteiger partial charge in [-0.15, -0.1) is 0 Å². The molecule has 0 saturated carbocycles. The van der Waals surface area contributed by atoms with Crippen LogP contribution < -0.4 is 5.32 Å². The summed E-state index contributed by atoms with van der Waals surface area (Å²) in [6, 6.07) is 2.38. The Morgan fingerprint density at radius 3 is 2.78 bits per heavy atom. The molecule has 0 radical (unpaired) electrons. The normalized spacial score (nSPS) is 23.3. The van der Waals surface area contributed by atoms with Gasteiger partial charge in [-0.1, -0.05) is 6.92 Å². The van der Waals surface area contributed by atoms with Gasteiger partial charge >= 0.3 is 0 Å². The van der Waals surface area contributed by atoms with Crippen molar-refractivity contribution < 1.29 is 4.74 Å². The highest BCUT2D eigenvalue weighted by Crippen LogP contribution is 2.18. The van der Waals surface area contributed by atoms with Crippen LogP contribution in [0.1, 0.15) is 40.5 Å². The van der Waals surface area contributed by atoms with Crippen LogP contribution >= 0.6 is 0 Å². The van der Waals surface area contributed by atoms with Gasteiger partial charge in [0, 0.05) is 13.1 Å². The summed E-state index contributed by atoms with van der Waals surface area (Å²) in [5.74, 6) is 0. The second-order valence-electron chi connectivity index (χ2n) is 5.96. The quantitative estimate of drug-likeness (QED) is 0.784. The SMILES string of the molecule is CCNC(C)(C#N)CCCN1CCOC(C)(C)C1. The summed E-state index contributed by atoms with van der Waals surface area (Å²) in [6.45, 7) is 13.0. The van der Waals surface area contributed by atoms with Crippen LogP contribution in [0, 0.1) is 11.3 Å². The lowest BCUT2D eigenvalue weighted by Crippen LogP contribution is -2.49. The molecule has 0 spiro atoms. The van der Waals surface area contributed by atoms with E-state index in [4.69, 9.17) is 4.74 Å². The molecule has 4 nitrogen and oxygen atoms in total. The minimum atomic E-state index is -0.378. The molecular weight excluding hydrogens is 226 g/mol. The van der Waals surface area contributed by atoms with E-state index in [0.717, 1.165) is 45.6 Å². The van der Waals surface area contributed by atoms with Crippen molar-refractivity contribution in [1.82, 2.24) is 10.2 Å². The molecule has 104 valence electrons. The molecule has 0 aromatic heterocycles. The van der Waals surface area contributed by atoms with E-state index in [1.807, 2.05) is 13.8 Å². The third kappa shape index (κ3) is 4.93. The summed E-state index contributed by atoms with van der Waals surface area (Å²) in [4.78, 5) is 2.44. The van der Waals surface area contributed by atoms with E-state index in [9.17, 15) is 5.26 Å². The molecule has 1 atom stereocenters. The molecule has 0 aromatic rings. The summed E-state index contributed by atoms with van der Waals surface area (Å²) in [5, 5.41) is 12.4. The minimum Gasteiger partial charge on any atom is -0.373 e. The fraction of sp³-hybridized carbons (Fsp3) is 0.929. The Morgan fingerprint density at radius 2 is 2.22 bits per heavy atom. The lowest BCUT2D eigenvalue weighted by Gasteiger charge is -2.38. The number of nitriles is 1. The topological polar surface area (TPSA) is 48.3 Å². The molecule has 1 unspecified atom stereocenters. The highest BCUT2D eigenvalue weighted by molar-refractivity contribution is 5.03. The Morgan fingerprint density at radius 1 is 1.50 bits per heavy atom. The van der Waals surface area contributed by atoms with Gasteiger partial charge in [0.2, 0.25) is 0 Å². The van der Waals surface area contributed by atoms with Crippen LogP contribution in [0.15, 0.2) is 0 Å². The fourth-order valence-electron chi connectivity index (χ4n) is 2.54. The largest absolute Gasteiger partial charge is 0.373 e. The number of nitrogens with one attached hydrogen (secondary N) is 1. The van der Waals surface area contributed by atoms with Gasteiger partial charge in [0.05, 0.1) is 18.3 Å². The first-order chi connectivity index (χ1) is 8.41. The van der Waals surface area contributed by atoms with Crippen LogP contribution in [0.5, 0.6) is 0 Å². The highest BCUT2D eigenvalue weighted by Gasteiger charge is 2.27. The average molecular weight is 253 g/mol. The van der Waals surface area contributed by atoms with Crippen molar-refractivity contribution in [3.63, 3.8) is 0 Å². The van der Waals surface area contributed by atoms with Crippen molar-refractivity contribution in [3.05, 3.63) is 0 Å². The zero-order valence-electron chi connectivity index (χ0n) is 12.3. The van der Waals surface area contributed by atoms with Gasteiger partial charge in [-0.3, -0.25) is 10.2 Å². The second-order valence-corrected chi connectivity index (χ2v) is 5.96. The number of hydrogen-bond acceptors (Lipinski definition) is 4. The molecule has 1 fully saturated rings. The van der Waals surface area contributed by atoms with E-state index < -0.39 is 0 Å². The molecule has 18 heavy (non-hydrogen) atoms. The third-order valence-corrected chi connectivity index (χ3v) is 3.47. The summed E-state index contributed by atoms with van der Waals surface area (Å²) >= 11 is 0. The minimum absolute atomic E-state index is 0.0293. The molecule has 4 heteroatoms. The van der Waals surface area contributed by atoms with Gasteiger partial charge in [0.15, 0.2) is 0 Å². The Hall–Kier alpha value is -0.630. The van der Waals surface area contributed by atoms with E-state index in [-0.39, 0.29) is 11.1 Å². The van der Waals surface area contributed by atoms with Crippen LogP contribution in [-0.4, -0.2) is 48.8 Å². The van der Waals surface area contributed by atoms with Gasteiger partial charge in [-0.2, -0.15) is 5.26 Å². The first-order valence-electron chi connectivity index (χ1n) is 6.93. The molecule has 0 amide bonds. The van der Waals surface area contributed by atoms with Crippen LogP contribution in [0.3, 0.4) is 0 Å². The summed E-state index contributed by atoms with van der Waals surface area (Å²) in [7, 11) is 0. The van der Waals surface area contributed by atoms with E-state index in [1.165, 1.54) is 0 Å². The van der Waals surface area contributed by atoms with E-state index in [2.05, 4.69) is 30.1 Å². The number of hydrogen-bond donors (Lipinski definition) is 1. The standard InChI is InChI=1S/C14H27N3O/c1-5-16-14(4,11-15)7-6-8-17-9-10-18-13(2,3)12-17/h16H,5-10,12H2,1-4H3. The van der Waals surface area contributed by atoms with E-state index in [1.54, 1.807) is 0 Å². The smallest absolute Gasteiger partial charge is 0.103 e. The zero-order valence-corrected chi connectivity index (χ0v) is 12.3. The molecule has 1 N–H and O–H groups in total. The van der Waals surface area contributed by atoms with Gasteiger partial charge in [-0.25, -0.2) is 0 Å². The lowest BCUT2D eigenvalue weighted by molar-refractivity contribution is -0.0862. The number of ether oxygens (including phenoxy) is 1. The zero-order chi connectivity index (χ0) is 13.6. The first-order valence-corrected chi connectivity index (χ1v) is 6.93. The summed E-state index contributed by atoms with van der Waals surface area (Å²) < 4.78 is 5.70. The molecule has 1 heterocycles. The van der Waals surface area contributed by atoms with Crippen molar-refractivity contribution in [2.24, 2.45) is 0 Å². The number of morpholine rings is 1. The Kier molecular flexibility index (Phi) is 5.58. The number of nitrogens with zero attached hydrogens (tertiary/aromatic N) is 2. The third-order valence-electron chi connectivity index (χ3n) is 3.47. The summed E-state index contributed by atoms with van der Waals surface area (Å²) in [6.07, 6.45) is 1.95. The molecular formula is C14H27N3O. The van der Waals surface area contributed by atoms with Crippen molar-refractivity contribution in [1.29, 1.82) is 5.26 Å². The van der Waals surface area contributed by atoms with Gasteiger partial charge in [-0.05, 0) is 46.7 Å². The fourth-order valence-corrected chi connectivity index (χ4v) is 2.54. The number of rotatable bonds is 6. The van der Waals surface area contributed by atoms with Crippen molar-refractivity contribution in [3.8, 4) is 6.07 Å². The van der Waals surface area contributed by atoms with Gasteiger partial charge in [0.1, 0.15) is 5.54 Å². The van der Waals surface area contributed by atoms with Crippen molar-refractivity contribution in [2.75, 3.05) is 32.8 Å². The van der Waals surface area contributed by atoms with Crippen LogP contribution in [0.2, 0.25) is 0 Å². The van der Waals surface area contributed by atoms with Crippen molar-refractivity contribution in [2.45, 2.75) is 51.7 Å². The average Bonchev–Trinajstić information content (AvgIpc) is 2.28. The summed E-state index contributed by atoms with van der Waals surface area (Å²) in [5.41, 5.74) is -0.408. The van der Waals surface area contributed by atoms with E-state index in [0.29, 0.717) is 0 Å².